The molecule has 19 heteroatoms. The second kappa shape index (κ2) is 73.7. The van der Waals surface area contributed by atoms with Crippen LogP contribution < -0.4 is 0 Å². The summed E-state index contributed by atoms with van der Waals surface area (Å²) in [5.41, 5.74) is 0. The highest BCUT2D eigenvalue weighted by Gasteiger charge is 2.30. The fourth-order valence-electron chi connectivity index (χ4n) is 11.0. The Labute approximate surface area is 597 Å². The minimum atomic E-state index is -4.95. The lowest BCUT2D eigenvalue weighted by Crippen LogP contribution is -2.30. The van der Waals surface area contributed by atoms with Gasteiger partial charge in [-0.25, -0.2) is 9.13 Å². The van der Waals surface area contributed by atoms with E-state index in [4.69, 9.17) is 37.0 Å². The third-order valence-corrected chi connectivity index (χ3v) is 18.9. The maximum absolute atomic E-state index is 13.1. The van der Waals surface area contributed by atoms with E-state index in [0.29, 0.717) is 38.7 Å². The first kappa shape index (κ1) is 94.9. The van der Waals surface area contributed by atoms with E-state index >= 15 is 0 Å². The highest BCUT2D eigenvalue weighted by molar-refractivity contribution is 7.47. The smallest absolute Gasteiger partial charge is 0.462 e. The van der Waals surface area contributed by atoms with E-state index in [1.807, 2.05) is 12.2 Å². The van der Waals surface area contributed by atoms with Crippen LogP contribution in [0.4, 0.5) is 0 Å². The number of phosphoric ester groups is 2. The average Bonchev–Trinajstić information content (AvgIpc) is 1.23. The van der Waals surface area contributed by atoms with Crippen LogP contribution in [0.15, 0.2) is 60.8 Å². The van der Waals surface area contributed by atoms with E-state index in [1.54, 1.807) is 0 Å². The van der Waals surface area contributed by atoms with E-state index in [-0.39, 0.29) is 25.9 Å². The van der Waals surface area contributed by atoms with Gasteiger partial charge in [0.05, 0.1) is 33.0 Å². The summed E-state index contributed by atoms with van der Waals surface area (Å²) in [7, 11) is -9.83. The Morgan fingerprint density at radius 2 is 0.612 bits per heavy atom. The minimum absolute atomic E-state index is 0.0345. The molecule has 3 N–H and O–H groups in total. The number of rotatable bonds is 77. The van der Waals surface area contributed by atoms with Gasteiger partial charge in [-0.05, 0) is 96.3 Å². The largest absolute Gasteiger partial charge is 0.472 e. The van der Waals surface area contributed by atoms with Crippen LogP contribution in [0, 0.1) is 0 Å². The maximum Gasteiger partial charge on any atom is 0.472 e. The SMILES string of the molecule is CCCCC/C=C\C/C=C\C/C=C\C/C=C\CCCC(=O)O[C@H](COC(=O)CCCCCCCCCCCCCCC)COP(=O)(O)OC[C@H](O)COP(=O)(O)OC[C@@H](COCCCCCCCCC/C=C\CCCCCCC=O)OC(=O)CCCCCCCCCCCCCCC. The molecular formula is C79H144O17P2. The van der Waals surface area contributed by atoms with Gasteiger partial charge in [0.25, 0.3) is 0 Å². The Bertz CT molecular complexity index is 2060. The fraction of sp³-hybridized carbons (Fsp3) is 0.823. The number of carbonyl (C=O) groups excluding carboxylic acids is 4. The van der Waals surface area contributed by atoms with Gasteiger partial charge in [0.2, 0.25) is 0 Å². The van der Waals surface area contributed by atoms with Crippen molar-refractivity contribution >= 4 is 39.8 Å². The Kier molecular flexibility index (Phi) is 71.3. The molecule has 572 valence electrons. The van der Waals surface area contributed by atoms with Crippen LogP contribution in [-0.4, -0.2) is 104 Å². The van der Waals surface area contributed by atoms with Crippen LogP contribution in [0.25, 0.3) is 0 Å². The molecule has 0 aromatic rings. The van der Waals surface area contributed by atoms with Crippen molar-refractivity contribution in [3.8, 4) is 0 Å². The monoisotopic (exact) mass is 1430 g/mol. The van der Waals surface area contributed by atoms with Gasteiger partial charge < -0.3 is 38.6 Å². The molecule has 5 atom stereocenters. The van der Waals surface area contributed by atoms with Crippen molar-refractivity contribution in [1.82, 2.24) is 0 Å². The summed E-state index contributed by atoms with van der Waals surface area (Å²) in [4.78, 5) is 70.5. The van der Waals surface area contributed by atoms with Crippen molar-refractivity contribution < 1.29 is 80.2 Å². The summed E-state index contributed by atoms with van der Waals surface area (Å²) in [6, 6.07) is 0. The predicted octanol–water partition coefficient (Wildman–Crippen LogP) is 22.3. The number of aliphatic hydroxyl groups excluding tert-OH is 1. The molecule has 0 aliphatic carbocycles. The number of hydrogen-bond donors (Lipinski definition) is 3. The van der Waals surface area contributed by atoms with E-state index in [2.05, 4.69) is 69.4 Å². The number of esters is 3. The van der Waals surface area contributed by atoms with E-state index in [9.17, 15) is 43.2 Å². The molecule has 0 aromatic carbocycles. The summed E-state index contributed by atoms with van der Waals surface area (Å²) < 4.78 is 69.2. The number of ether oxygens (including phenoxy) is 4. The first-order valence-corrected chi connectivity index (χ1v) is 42.5. The van der Waals surface area contributed by atoms with Crippen LogP contribution in [-0.2, 0) is 65.4 Å². The Hall–Kier alpha value is -3.08. The van der Waals surface area contributed by atoms with Crippen molar-refractivity contribution in [1.29, 1.82) is 0 Å². The van der Waals surface area contributed by atoms with Crippen molar-refractivity contribution in [3.63, 3.8) is 0 Å². The predicted molar refractivity (Wildman–Crippen MR) is 400 cm³/mol. The molecule has 0 saturated heterocycles. The number of allylic oxidation sites excluding steroid dienone is 10. The molecule has 0 heterocycles. The second-order valence-electron chi connectivity index (χ2n) is 26.6. The number of hydrogen-bond acceptors (Lipinski definition) is 15. The summed E-state index contributed by atoms with van der Waals surface area (Å²) >= 11 is 0. The zero-order valence-electron chi connectivity index (χ0n) is 62.3. The second-order valence-corrected chi connectivity index (χ2v) is 29.5. The topological polar surface area (TPSA) is 237 Å². The Balaban J connectivity index is 5.29. The third kappa shape index (κ3) is 72.7. The summed E-state index contributed by atoms with van der Waals surface area (Å²) in [5, 5.41) is 10.6. The van der Waals surface area contributed by atoms with Crippen LogP contribution >= 0.6 is 15.6 Å². The Morgan fingerprint density at radius 1 is 0.327 bits per heavy atom. The van der Waals surface area contributed by atoms with Crippen molar-refractivity contribution in [2.45, 2.75) is 373 Å². The van der Waals surface area contributed by atoms with Crippen LogP contribution in [0.5, 0.6) is 0 Å². The number of phosphoric acid groups is 2. The van der Waals surface area contributed by atoms with Gasteiger partial charge in [-0.15, -0.1) is 0 Å². The van der Waals surface area contributed by atoms with Gasteiger partial charge in [-0.2, -0.15) is 0 Å². The van der Waals surface area contributed by atoms with Crippen molar-refractivity contribution in [3.05, 3.63) is 60.8 Å². The normalized spacial score (nSPS) is 14.3. The van der Waals surface area contributed by atoms with Crippen molar-refractivity contribution in [2.24, 2.45) is 0 Å². The van der Waals surface area contributed by atoms with Gasteiger partial charge in [0.1, 0.15) is 25.1 Å². The maximum atomic E-state index is 13.1. The van der Waals surface area contributed by atoms with E-state index in [1.165, 1.54) is 167 Å². The first-order valence-electron chi connectivity index (χ1n) is 39.5. The molecule has 0 rings (SSSR count). The fourth-order valence-corrected chi connectivity index (χ4v) is 12.5. The molecule has 0 fully saturated rings. The summed E-state index contributed by atoms with van der Waals surface area (Å²) in [6.07, 6.45) is 72.6. The van der Waals surface area contributed by atoms with Gasteiger partial charge in [0, 0.05) is 32.3 Å². The first-order chi connectivity index (χ1) is 47.8. The molecule has 0 spiro atoms. The number of unbranched alkanes of at least 4 members (excludes halogenated alkanes) is 40. The average molecular weight is 1430 g/mol. The lowest BCUT2D eigenvalue weighted by atomic mass is 10.0. The molecule has 0 aliphatic heterocycles. The molecule has 0 radical (unpaired) electrons. The van der Waals surface area contributed by atoms with Crippen molar-refractivity contribution in [2.75, 3.05) is 46.2 Å². The molecule has 0 aliphatic rings. The number of carbonyl (C=O) groups is 4. The van der Waals surface area contributed by atoms with Gasteiger partial charge in [-0.1, -0.05) is 293 Å². The van der Waals surface area contributed by atoms with E-state index in [0.717, 1.165) is 122 Å². The molecule has 0 aromatic heterocycles. The minimum Gasteiger partial charge on any atom is -0.462 e. The zero-order valence-corrected chi connectivity index (χ0v) is 64.0. The molecular weight excluding hydrogens is 1280 g/mol. The summed E-state index contributed by atoms with van der Waals surface area (Å²) in [6.45, 7) is 3.63. The van der Waals surface area contributed by atoms with Gasteiger partial charge >= 0.3 is 33.6 Å². The van der Waals surface area contributed by atoms with Crippen LogP contribution in [0.2, 0.25) is 0 Å². The quantitative estimate of drug-likeness (QED) is 0.0128. The standard InChI is InChI=1S/C79H144O17P2/c1-4-7-10-13-16-19-22-25-26-27-30-35-40-45-50-55-60-65-79(84)96-76(71-90-77(82)63-58-53-48-43-38-33-23-20-17-14-11-8-5-2)73-94-98(87,88)92-69-74(81)68-91-97(85,86)93-72-75(95-78(83)64-59-54-49-44-39-34-24-21-18-15-12-9-6-3)70-89-67-62-57-52-47-42-37-32-29-28-31-36-41-46-51-56-61-66-80/h16,19,25-26,28,30-31,35,45,50,66,74-76,81H,4-15,17-18,20-24,27,29,32-34,36-44,46-49,51-65,67-73H2,1-3H3,(H,85,86)(H,87,88)/b19-16-,26-25-,31-28-,35-30-,50-45-/t74-,75-,76-/m1/s1. The number of aldehydes is 1. The molecule has 98 heavy (non-hydrogen) atoms. The lowest BCUT2D eigenvalue weighted by molar-refractivity contribution is -0.161. The van der Waals surface area contributed by atoms with Crippen LogP contribution in [0.3, 0.4) is 0 Å². The summed E-state index contributed by atoms with van der Waals surface area (Å²) in [5.74, 6) is -1.59. The van der Waals surface area contributed by atoms with Gasteiger partial charge in [0.15, 0.2) is 6.10 Å². The Morgan fingerprint density at radius 3 is 1.02 bits per heavy atom. The molecule has 0 saturated carbocycles. The lowest BCUT2D eigenvalue weighted by Gasteiger charge is -2.21. The number of aliphatic hydroxyl groups is 1. The van der Waals surface area contributed by atoms with Crippen LogP contribution in [0.1, 0.15) is 355 Å². The highest BCUT2D eigenvalue weighted by Crippen LogP contribution is 2.45. The molecule has 0 amide bonds. The molecule has 0 bridgehead atoms. The third-order valence-electron chi connectivity index (χ3n) is 17.0. The van der Waals surface area contributed by atoms with Gasteiger partial charge in [-0.3, -0.25) is 32.5 Å². The van der Waals surface area contributed by atoms with E-state index < -0.39 is 84.9 Å². The highest BCUT2D eigenvalue weighted by atomic mass is 31.2. The zero-order chi connectivity index (χ0) is 71.6. The molecule has 2 unspecified atom stereocenters. The molecule has 17 nitrogen and oxygen atoms in total.